The predicted octanol–water partition coefficient (Wildman–Crippen LogP) is 5.14. The summed E-state index contributed by atoms with van der Waals surface area (Å²) >= 11 is 2.54. The number of amides is 3. The number of anilines is 2. The van der Waals surface area contributed by atoms with E-state index in [2.05, 4.69) is 10.6 Å². The van der Waals surface area contributed by atoms with Crippen LogP contribution in [0.3, 0.4) is 0 Å². The zero-order valence-corrected chi connectivity index (χ0v) is 25.3. The second-order valence-electron chi connectivity index (χ2n) is 10.3. The number of nitrogens with one attached hydrogen (secondary N) is 2. The predicted molar refractivity (Wildman–Crippen MR) is 157 cm³/mol. The third kappa shape index (κ3) is 8.95. The van der Waals surface area contributed by atoms with E-state index in [1.165, 1.54) is 30.2 Å². The van der Waals surface area contributed by atoms with Crippen LogP contribution < -0.4 is 10.6 Å². The maximum absolute atomic E-state index is 13.4. The van der Waals surface area contributed by atoms with Crippen LogP contribution in [0.2, 0.25) is 0 Å². The summed E-state index contributed by atoms with van der Waals surface area (Å²) in [6.45, 7) is 7.88. The van der Waals surface area contributed by atoms with Crippen molar-refractivity contribution in [1.29, 1.82) is 0 Å². The Hall–Kier alpha value is -3.58. The minimum absolute atomic E-state index is 0.143. The highest BCUT2D eigenvalue weighted by Crippen LogP contribution is 2.39. The number of rotatable bonds is 10. The Bertz CT molecular complexity index is 1320. The lowest BCUT2D eigenvalue weighted by molar-refractivity contribution is -0.138. The zero-order valence-electron chi connectivity index (χ0n) is 23.7. The number of ether oxygens (including phenoxy) is 2. The highest BCUT2D eigenvalue weighted by molar-refractivity contribution is 8.00. The van der Waals surface area contributed by atoms with Crippen LogP contribution in [0.5, 0.6) is 0 Å². The first-order valence-corrected chi connectivity index (χ1v) is 14.8. The first-order valence-electron chi connectivity index (χ1n) is 13.1. The molecule has 1 aliphatic rings. The minimum Gasteiger partial charge on any atom is -0.481 e. The van der Waals surface area contributed by atoms with Gasteiger partial charge in [-0.2, -0.15) is 0 Å². The van der Waals surface area contributed by atoms with Gasteiger partial charge in [0.2, 0.25) is 11.8 Å². The molecule has 0 radical (unpaired) electrons. The molecule has 3 rings (SSSR count). The maximum atomic E-state index is 13.4. The molecule has 11 nitrogen and oxygen atoms in total. The number of thiophene rings is 1. The van der Waals surface area contributed by atoms with Crippen molar-refractivity contribution in [2.24, 2.45) is 0 Å². The van der Waals surface area contributed by atoms with E-state index in [1.54, 1.807) is 43.9 Å². The smallest absolute Gasteiger partial charge is 0.410 e. The number of carbonyl (C=O) groups is 5. The molecule has 0 saturated heterocycles. The van der Waals surface area contributed by atoms with Gasteiger partial charge in [0.1, 0.15) is 10.6 Å². The molecule has 0 saturated carbocycles. The molecule has 1 atom stereocenters. The average Bonchev–Trinajstić information content (AvgIpc) is 3.26. The van der Waals surface area contributed by atoms with Gasteiger partial charge in [-0.25, -0.2) is 9.59 Å². The van der Waals surface area contributed by atoms with Crippen LogP contribution in [0.15, 0.2) is 29.2 Å². The summed E-state index contributed by atoms with van der Waals surface area (Å²) in [5.41, 5.74) is 0.912. The highest BCUT2D eigenvalue weighted by Gasteiger charge is 2.33. The fourth-order valence-corrected chi connectivity index (χ4v) is 6.33. The normalized spacial score (nSPS) is 13.5. The summed E-state index contributed by atoms with van der Waals surface area (Å²) in [5.74, 6) is -2.33. The SMILES string of the molecule is CCC(Sc1cccc(NC(=O)CCC(=O)O)c1)C(=O)Nc1sc2c(c1C(=O)OC)CCN(C(=O)OC(C)(C)C)C2. The van der Waals surface area contributed by atoms with Gasteiger partial charge >= 0.3 is 18.0 Å². The van der Waals surface area contributed by atoms with E-state index < -0.39 is 34.8 Å². The molecule has 1 aromatic carbocycles. The number of carboxylic acids is 1. The second kappa shape index (κ2) is 13.9. The van der Waals surface area contributed by atoms with Crippen LogP contribution >= 0.6 is 23.1 Å². The summed E-state index contributed by atoms with van der Waals surface area (Å²) in [4.78, 5) is 64.6. The molecule has 0 aliphatic carbocycles. The maximum Gasteiger partial charge on any atom is 0.410 e. The molecule has 3 amide bonds. The molecule has 1 aromatic heterocycles. The summed E-state index contributed by atoms with van der Waals surface area (Å²) < 4.78 is 10.5. The third-order valence-electron chi connectivity index (χ3n) is 5.96. The van der Waals surface area contributed by atoms with Crippen molar-refractivity contribution in [2.75, 3.05) is 24.3 Å². The number of benzene rings is 1. The zero-order chi connectivity index (χ0) is 30.3. The lowest BCUT2D eigenvalue weighted by atomic mass is 10.0. The quantitative estimate of drug-likeness (QED) is 0.247. The summed E-state index contributed by atoms with van der Waals surface area (Å²) in [6.07, 6.45) is 0.0515. The topological polar surface area (TPSA) is 151 Å². The van der Waals surface area contributed by atoms with E-state index >= 15 is 0 Å². The Morgan fingerprint density at radius 3 is 2.51 bits per heavy atom. The minimum atomic E-state index is -1.05. The van der Waals surface area contributed by atoms with Crippen molar-refractivity contribution in [3.63, 3.8) is 0 Å². The van der Waals surface area contributed by atoms with Crippen LogP contribution in [0, 0.1) is 0 Å². The van der Waals surface area contributed by atoms with Gasteiger partial charge in [-0.3, -0.25) is 14.4 Å². The van der Waals surface area contributed by atoms with Crippen molar-refractivity contribution < 1.29 is 38.6 Å². The molecule has 1 aliphatic heterocycles. The fraction of sp³-hybridized carbons (Fsp3) is 0.464. The number of carbonyl (C=O) groups excluding carboxylic acids is 4. The van der Waals surface area contributed by atoms with Gasteiger partial charge in [-0.1, -0.05) is 13.0 Å². The third-order valence-corrected chi connectivity index (χ3v) is 8.45. The lowest BCUT2D eigenvalue weighted by Gasteiger charge is -2.30. The largest absolute Gasteiger partial charge is 0.481 e. The number of fused-ring (bicyclic) bond motifs is 1. The second-order valence-corrected chi connectivity index (χ2v) is 12.7. The average molecular weight is 606 g/mol. The van der Waals surface area contributed by atoms with Gasteiger partial charge in [0.25, 0.3) is 0 Å². The Labute approximate surface area is 247 Å². The summed E-state index contributed by atoms with van der Waals surface area (Å²) in [5, 5.41) is 14.2. The van der Waals surface area contributed by atoms with E-state index in [9.17, 15) is 24.0 Å². The Morgan fingerprint density at radius 1 is 1.15 bits per heavy atom. The molecule has 13 heteroatoms. The fourth-order valence-electron chi connectivity index (χ4n) is 4.06. The molecule has 0 spiro atoms. The van der Waals surface area contributed by atoms with E-state index in [4.69, 9.17) is 14.6 Å². The molecular formula is C28H35N3O8S2. The molecule has 0 bridgehead atoms. The number of hydrogen-bond acceptors (Lipinski definition) is 9. The summed E-state index contributed by atoms with van der Waals surface area (Å²) in [6, 6.07) is 6.94. The standard InChI is InChI=1S/C28H35N3O8S2/c1-6-19(40-17-9-7-8-16(14-17)29-21(32)10-11-22(33)34)24(35)30-25-23(26(36)38-5)18-12-13-31(15-20(18)41-25)27(37)39-28(2,3)4/h7-9,14,19H,6,10-13,15H2,1-5H3,(H,29,32)(H,30,35)(H,33,34). The molecule has 222 valence electrons. The molecule has 3 N–H and O–H groups in total. The molecule has 0 fully saturated rings. The monoisotopic (exact) mass is 605 g/mol. The van der Waals surface area contributed by atoms with Crippen molar-refractivity contribution in [3.8, 4) is 0 Å². The Morgan fingerprint density at radius 2 is 1.88 bits per heavy atom. The van der Waals surface area contributed by atoms with Gasteiger partial charge in [0.15, 0.2) is 0 Å². The van der Waals surface area contributed by atoms with E-state index in [0.717, 1.165) is 15.3 Å². The first kappa shape index (κ1) is 31.9. The van der Waals surface area contributed by atoms with Crippen LogP contribution in [-0.4, -0.2) is 64.4 Å². The van der Waals surface area contributed by atoms with Crippen LogP contribution in [-0.2, 0) is 36.8 Å². The van der Waals surface area contributed by atoms with Crippen molar-refractivity contribution in [1.82, 2.24) is 4.90 Å². The molecule has 1 unspecified atom stereocenters. The van der Waals surface area contributed by atoms with Gasteiger partial charge in [0.05, 0.1) is 30.9 Å². The number of thioether (sulfide) groups is 1. The first-order chi connectivity index (χ1) is 19.3. The van der Waals surface area contributed by atoms with Crippen molar-refractivity contribution in [3.05, 3.63) is 40.3 Å². The number of esters is 1. The number of nitrogens with zero attached hydrogens (tertiary/aromatic N) is 1. The summed E-state index contributed by atoms with van der Waals surface area (Å²) in [7, 11) is 1.28. The lowest BCUT2D eigenvalue weighted by Crippen LogP contribution is -2.39. The Kier molecular flexibility index (Phi) is 10.8. The Balaban J connectivity index is 1.74. The number of methoxy groups -OCH3 is 1. The number of aliphatic carboxylic acids is 1. The van der Waals surface area contributed by atoms with E-state index in [0.29, 0.717) is 35.6 Å². The van der Waals surface area contributed by atoms with Gasteiger partial charge < -0.3 is 30.1 Å². The van der Waals surface area contributed by atoms with Crippen LogP contribution in [0.25, 0.3) is 0 Å². The van der Waals surface area contributed by atoms with Crippen molar-refractivity contribution >= 4 is 63.6 Å². The molecule has 2 heterocycles. The van der Waals surface area contributed by atoms with E-state index in [-0.39, 0.29) is 25.3 Å². The van der Waals surface area contributed by atoms with E-state index in [1.807, 2.05) is 13.0 Å². The van der Waals surface area contributed by atoms with Crippen LogP contribution in [0.4, 0.5) is 15.5 Å². The highest BCUT2D eigenvalue weighted by atomic mass is 32.2. The number of hydrogen-bond donors (Lipinski definition) is 3. The van der Waals surface area contributed by atoms with Gasteiger partial charge in [0, 0.05) is 28.4 Å². The van der Waals surface area contributed by atoms with Crippen LogP contribution in [0.1, 0.15) is 67.8 Å². The van der Waals surface area contributed by atoms with Gasteiger partial charge in [-0.15, -0.1) is 23.1 Å². The molecule has 41 heavy (non-hydrogen) atoms. The van der Waals surface area contributed by atoms with Gasteiger partial charge in [-0.05, 0) is 57.4 Å². The van der Waals surface area contributed by atoms with Crippen molar-refractivity contribution in [2.45, 2.75) is 75.7 Å². The molecular weight excluding hydrogens is 570 g/mol. The molecule has 2 aromatic rings. The number of carboxylic acid groups (broad SMARTS) is 1.